The van der Waals surface area contributed by atoms with Crippen molar-refractivity contribution in [3.8, 4) is 0 Å². The maximum absolute atomic E-state index is 12.5. The van der Waals surface area contributed by atoms with E-state index in [9.17, 15) is 13.2 Å². The zero-order valence-corrected chi connectivity index (χ0v) is 14.6. The van der Waals surface area contributed by atoms with Gasteiger partial charge in [0.15, 0.2) is 15.4 Å². The second-order valence-electron chi connectivity index (χ2n) is 5.77. The van der Waals surface area contributed by atoms with Gasteiger partial charge >= 0.3 is 0 Å². The van der Waals surface area contributed by atoms with Crippen LogP contribution in [0.2, 0.25) is 0 Å². The third-order valence-electron chi connectivity index (χ3n) is 3.93. The van der Waals surface area contributed by atoms with Gasteiger partial charge in [-0.05, 0) is 47.4 Å². The molecule has 7 nitrogen and oxygen atoms in total. The molecule has 1 amide bonds. The monoisotopic (exact) mass is 359 g/mol. The van der Waals surface area contributed by atoms with Crippen molar-refractivity contribution in [1.29, 1.82) is 0 Å². The van der Waals surface area contributed by atoms with Crippen LogP contribution in [0.15, 0.2) is 45.9 Å². The van der Waals surface area contributed by atoms with E-state index < -0.39 is 9.84 Å². The molecule has 0 radical (unpaired) electrons. The van der Waals surface area contributed by atoms with Crippen molar-refractivity contribution >= 4 is 32.5 Å². The van der Waals surface area contributed by atoms with Crippen molar-refractivity contribution in [2.75, 3.05) is 11.1 Å². The van der Waals surface area contributed by atoms with Crippen molar-refractivity contribution in [3.05, 3.63) is 47.5 Å². The Morgan fingerprint density at radius 3 is 2.48 bits per heavy atom. The van der Waals surface area contributed by atoms with Crippen LogP contribution < -0.4 is 5.32 Å². The number of carbonyl (C=O) groups is 1. The quantitative estimate of drug-likeness (QED) is 0.751. The minimum absolute atomic E-state index is 0.0196. The van der Waals surface area contributed by atoms with Crippen LogP contribution in [0.4, 0.5) is 5.69 Å². The van der Waals surface area contributed by atoms with Crippen LogP contribution >= 0.6 is 0 Å². The number of aryl methyl sites for hydroxylation is 2. The maximum atomic E-state index is 12.5. The minimum atomic E-state index is -3.69. The number of sulfone groups is 1. The van der Waals surface area contributed by atoms with E-state index >= 15 is 0 Å². The molecule has 1 heterocycles. The van der Waals surface area contributed by atoms with E-state index in [1.165, 1.54) is 6.07 Å². The lowest BCUT2D eigenvalue weighted by Crippen LogP contribution is -2.18. The second-order valence-corrected chi connectivity index (χ2v) is 7.85. The summed E-state index contributed by atoms with van der Waals surface area (Å²) in [5.41, 5.74) is 3.11. The van der Waals surface area contributed by atoms with Crippen molar-refractivity contribution in [2.24, 2.45) is 0 Å². The van der Waals surface area contributed by atoms with Gasteiger partial charge in [-0.2, -0.15) is 0 Å². The molecule has 0 unspecified atom stereocenters. The molecule has 0 saturated carbocycles. The Kier molecular flexibility index (Phi) is 4.54. The summed E-state index contributed by atoms with van der Waals surface area (Å²) in [6, 6.07) is 10.3. The molecule has 8 heteroatoms. The molecule has 0 aliphatic rings. The molecule has 0 atom stereocenters. The first-order chi connectivity index (χ1) is 11.9. The van der Waals surface area contributed by atoms with Gasteiger partial charge in [0.1, 0.15) is 5.52 Å². The fourth-order valence-electron chi connectivity index (χ4n) is 2.58. The van der Waals surface area contributed by atoms with E-state index in [2.05, 4.69) is 20.3 Å². The molecule has 1 aromatic heterocycles. The number of nitrogens with one attached hydrogen (secondary N) is 1. The highest BCUT2D eigenvalue weighted by atomic mass is 32.2. The summed E-state index contributed by atoms with van der Waals surface area (Å²) in [6.07, 6.45) is -0.155. The summed E-state index contributed by atoms with van der Waals surface area (Å²) < 4.78 is 29.7. The van der Waals surface area contributed by atoms with E-state index in [-0.39, 0.29) is 28.5 Å². The lowest BCUT2D eigenvalue weighted by atomic mass is 10.1. The number of benzene rings is 2. The Bertz CT molecular complexity index is 1020. The normalized spacial score (nSPS) is 11.6. The second kappa shape index (κ2) is 6.64. The zero-order chi connectivity index (χ0) is 18.0. The molecule has 3 rings (SSSR count). The summed E-state index contributed by atoms with van der Waals surface area (Å²) in [6.45, 7) is 3.77. The van der Waals surface area contributed by atoms with Gasteiger partial charge in [-0.15, -0.1) is 0 Å². The Hall–Kier alpha value is -2.74. The third kappa shape index (κ3) is 3.53. The van der Waals surface area contributed by atoms with Crippen LogP contribution in [0.25, 0.3) is 11.0 Å². The molecule has 0 saturated heterocycles. The minimum Gasteiger partial charge on any atom is -0.326 e. The van der Waals surface area contributed by atoms with Crippen molar-refractivity contribution < 1.29 is 17.8 Å². The van der Waals surface area contributed by atoms with Crippen molar-refractivity contribution in [1.82, 2.24) is 10.3 Å². The Balaban J connectivity index is 1.74. The Morgan fingerprint density at radius 1 is 1.08 bits per heavy atom. The zero-order valence-electron chi connectivity index (χ0n) is 13.8. The third-order valence-corrected chi connectivity index (χ3v) is 5.67. The van der Waals surface area contributed by atoms with Gasteiger partial charge in [-0.3, -0.25) is 4.79 Å². The number of nitrogens with zero attached hydrogens (tertiary/aromatic N) is 2. The first-order valence-electron chi connectivity index (χ1n) is 7.68. The Morgan fingerprint density at radius 2 is 1.76 bits per heavy atom. The predicted molar refractivity (Wildman–Crippen MR) is 93.0 cm³/mol. The number of anilines is 1. The average molecular weight is 359 g/mol. The molecular weight excluding hydrogens is 342 g/mol. The molecule has 2 aromatic carbocycles. The van der Waals surface area contributed by atoms with Crippen LogP contribution in [-0.4, -0.2) is 30.4 Å². The van der Waals surface area contributed by atoms with Crippen LogP contribution in [-0.2, 0) is 14.6 Å². The molecule has 0 aliphatic heterocycles. The summed E-state index contributed by atoms with van der Waals surface area (Å²) in [5, 5.41) is 10.1. The SMILES string of the molecule is Cc1cccc(C)c1NC(=O)CCS(=O)(=O)c1cccc2nonc12. The number of para-hydroxylation sites is 1. The fourth-order valence-corrected chi connectivity index (χ4v) is 3.98. The Labute approximate surface area is 144 Å². The van der Waals surface area contributed by atoms with Crippen LogP contribution in [0.5, 0.6) is 0 Å². The van der Waals surface area contributed by atoms with Gasteiger partial charge in [-0.1, -0.05) is 24.3 Å². The highest BCUT2D eigenvalue weighted by Crippen LogP contribution is 2.22. The molecule has 1 N–H and O–H groups in total. The standard InChI is InChI=1S/C17H17N3O4S/c1-11-5-3-6-12(2)16(11)18-15(21)9-10-25(22,23)14-8-4-7-13-17(14)20-24-19-13/h3-8H,9-10H2,1-2H3,(H,18,21). The number of rotatable bonds is 5. The van der Waals surface area contributed by atoms with Gasteiger partial charge in [0.2, 0.25) is 5.91 Å². The number of hydrogen-bond acceptors (Lipinski definition) is 6. The molecular formula is C17H17N3O4S. The van der Waals surface area contributed by atoms with Gasteiger partial charge in [0.25, 0.3) is 0 Å². The van der Waals surface area contributed by atoms with Gasteiger partial charge in [-0.25, -0.2) is 13.0 Å². The topological polar surface area (TPSA) is 102 Å². The van der Waals surface area contributed by atoms with Crippen LogP contribution in [0, 0.1) is 13.8 Å². The number of carbonyl (C=O) groups excluding carboxylic acids is 1. The van der Waals surface area contributed by atoms with Gasteiger partial charge in [0, 0.05) is 12.1 Å². The number of aromatic nitrogens is 2. The number of amides is 1. The predicted octanol–water partition coefficient (Wildman–Crippen LogP) is 2.64. The highest BCUT2D eigenvalue weighted by Gasteiger charge is 2.21. The first kappa shape index (κ1) is 17.1. The summed E-state index contributed by atoms with van der Waals surface area (Å²) in [7, 11) is -3.69. The van der Waals surface area contributed by atoms with Crippen molar-refractivity contribution in [2.45, 2.75) is 25.2 Å². The van der Waals surface area contributed by atoms with E-state index in [0.717, 1.165) is 11.1 Å². The maximum Gasteiger partial charge on any atom is 0.225 e. The molecule has 130 valence electrons. The smallest absolute Gasteiger partial charge is 0.225 e. The summed E-state index contributed by atoms with van der Waals surface area (Å²) in [4.78, 5) is 12.2. The molecule has 3 aromatic rings. The van der Waals surface area contributed by atoms with E-state index in [4.69, 9.17) is 0 Å². The van der Waals surface area contributed by atoms with Crippen molar-refractivity contribution in [3.63, 3.8) is 0 Å². The first-order valence-corrected chi connectivity index (χ1v) is 9.34. The molecule has 0 fully saturated rings. The van der Waals surface area contributed by atoms with Gasteiger partial charge in [0.05, 0.1) is 10.6 Å². The average Bonchev–Trinajstić information content (AvgIpc) is 3.05. The van der Waals surface area contributed by atoms with E-state index in [1.807, 2.05) is 32.0 Å². The molecule has 25 heavy (non-hydrogen) atoms. The highest BCUT2D eigenvalue weighted by molar-refractivity contribution is 7.91. The largest absolute Gasteiger partial charge is 0.326 e. The lowest BCUT2D eigenvalue weighted by Gasteiger charge is -2.11. The molecule has 0 spiro atoms. The lowest BCUT2D eigenvalue weighted by molar-refractivity contribution is -0.115. The summed E-state index contributed by atoms with van der Waals surface area (Å²) >= 11 is 0. The fraction of sp³-hybridized carbons (Fsp3) is 0.235. The van der Waals surface area contributed by atoms with Gasteiger partial charge < -0.3 is 5.32 Å². The van der Waals surface area contributed by atoms with Crippen LogP contribution in [0.3, 0.4) is 0 Å². The van der Waals surface area contributed by atoms with E-state index in [1.54, 1.807) is 12.1 Å². The number of fused-ring (bicyclic) bond motifs is 1. The van der Waals surface area contributed by atoms with E-state index in [0.29, 0.717) is 11.2 Å². The van der Waals surface area contributed by atoms with Crippen LogP contribution in [0.1, 0.15) is 17.5 Å². The number of hydrogen-bond donors (Lipinski definition) is 1. The molecule has 0 aliphatic carbocycles. The summed E-state index contributed by atoms with van der Waals surface area (Å²) in [5.74, 6) is -0.679. The molecule has 0 bridgehead atoms.